The molecule has 0 aliphatic rings. The van der Waals surface area contributed by atoms with Crippen molar-refractivity contribution in [1.82, 2.24) is 0 Å². The monoisotopic (exact) mass is 219 g/mol. The van der Waals surface area contributed by atoms with Gasteiger partial charge in [-0.05, 0) is 44.0 Å². The Morgan fingerprint density at radius 3 is 2.00 bits per heavy atom. The van der Waals surface area contributed by atoms with Crippen LogP contribution in [0, 0.1) is 5.92 Å². The van der Waals surface area contributed by atoms with Crippen LogP contribution >= 0.6 is 0 Å². The van der Waals surface area contributed by atoms with Crippen LogP contribution in [0.5, 0.6) is 0 Å². The highest BCUT2D eigenvalue weighted by Gasteiger charge is 2.13. The molecule has 0 amide bonds. The van der Waals surface area contributed by atoms with Gasteiger partial charge in [-0.1, -0.05) is 13.8 Å². The summed E-state index contributed by atoms with van der Waals surface area (Å²) in [5, 5.41) is 0. The predicted molar refractivity (Wildman–Crippen MR) is 69.1 cm³/mol. The van der Waals surface area contributed by atoms with Crippen LogP contribution in [-0.4, -0.2) is 18.9 Å². The molecule has 0 radical (unpaired) electrons. The fraction of sp³-hybridized carbons (Fsp3) is 0.500. The molecule has 0 fully saturated rings. The molecule has 1 aromatic rings. The van der Waals surface area contributed by atoms with Crippen LogP contribution in [0.3, 0.4) is 0 Å². The van der Waals surface area contributed by atoms with Crippen LogP contribution < -0.4 is 4.90 Å². The molecule has 0 spiro atoms. The molecule has 1 atom stereocenters. The lowest BCUT2D eigenvalue weighted by molar-refractivity contribution is 0.101. The second-order valence-electron chi connectivity index (χ2n) is 4.70. The van der Waals surface area contributed by atoms with E-state index in [1.807, 2.05) is 24.3 Å². The van der Waals surface area contributed by atoms with Crippen molar-refractivity contribution < 1.29 is 4.79 Å². The number of hydrogen-bond donors (Lipinski definition) is 0. The van der Waals surface area contributed by atoms with Gasteiger partial charge in [-0.2, -0.15) is 0 Å². The molecule has 88 valence electrons. The summed E-state index contributed by atoms with van der Waals surface area (Å²) in [5.74, 6) is 0.726. The van der Waals surface area contributed by atoms with Crippen molar-refractivity contribution in [3.63, 3.8) is 0 Å². The SMILES string of the molecule is CC(=O)c1ccc(N(C)C(C)C(C)C)cc1. The lowest BCUT2D eigenvalue weighted by atomic mass is 10.0. The van der Waals surface area contributed by atoms with E-state index in [1.54, 1.807) is 6.92 Å². The molecule has 0 N–H and O–H groups in total. The summed E-state index contributed by atoms with van der Waals surface area (Å²) < 4.78 is 0. The van der Waals surface area contributed by atoms with Gasteiger partial charge in [0.1, 0.15) is 0 Å². The molecule has 0 saturated heterocycles. The maximum absolute atomic E-state index is 11.2. The van der Waals surface area contributed by atoms with Gasteiger partial charge in [-0.15, -0.1) is 0 Å². The summed E-state index contributed by atoms with van der Waals surface area (Å²) in [4.78, 5) is 13.4. The van der Waals surface area contributed by atoms with Gasteiger partial charge in [-0.3, -0.25) is 4.79 Å². The molecule has 1 unspecified atom stereocenters. The molecule has 1 rings (SSSR count). The van der Waals surface area contributed by atoms with Crippen LogP contribution in [0.2, 0.25) is 0 Å². The van der Waals surface area contributed by atoms with Crippen molar-refractivity contribution in [2.24, 2.45) is 5.92 Å². The van der Waals surface area contributed by atoms with E-state index in [9.17, 15) is 4.79 Å². The van der Waals surface area contributed by atoms with Crippen LogP contribution in [0.4, 0.5) is 5.69 Å². The highest BCUT2D eigenvalue weighted by Crippen LogP contribution is 2.19. The fourth-order valence-electron chi connectivity index (χ4n) is 1.61. The van der Waals surface area contributed by atoms with Crippen molar-refractivity contribution >= 4 is 11.5 Å². The van der Waals surface area contributed by atoms with E-state index < -0.39 is 0 Å². The van der Waals surface area contributed by atoms with Gasteiger partial charge in [0.25, 0.3) is 0 Å². The molecular weight excluding hydrogens is 198 g/mol. The average Bonchev–Trinajstić information content (AvgIpc) is 2.27. The number of Topliss-reactive ketones (excluding diaryl/α,β-unsaturated/α-hetero) is 1. The largest absolute Gasteiger partial charge is 0.372 e. The van der Waals surface area contributed by atoms with E-state index in [4.69, 9.17) is 0 Å². The minimum Gasteiger partial charge on any atom is -0.372 e. The fourth-order valence-corrected chi connectivity index (χ4v) is 1.61. The third-order valence-corrected chi connectivity index (χ3v) is 3.26. The molecule has 0 aliphatic heterocycles. The van der Waals surface area contributed by atoms with Crippen molar-refractivity contribution in [3.8, 4) is 0 Å². The van der Waals surface area contributed by atoms with Crippen molar-refractivity contribution in [2.75, 3.05) is 11.9 Å². The number of rotatable bonds is 4. The van der Waals surface area contributed by atoms with E-state index in [0.29, 0.717) is 12.0 Å². The molecule has 0 aromatic heterocycles. The number of carbonyl (C=O) groups excluding carboxylic acids is 1. The van der Waals surface area contributed by atoms with Gasteiger partial charge in [0.15, 0.2) is 5.78 Å². The van der Waals surface area contributed by atoms with E-state index in [2.05, 4.69) is 32.7 Å². The third kappa shape index (κ3) is 2.84. The lowest BCUT2D eigenvalue weighted by Crippen LogP contribution is -2.33. The zero-order chi connectivity index (χ0) is 12.3. The van der Waals surface area contributed by atoms with E-state index in [-0.39, 0.29) is 5.78 Å². The zero-order valence-corrected chi connectivity index (χ0v) is 10.8. The van der Waals surface area contributed by atoms with Gasteiger partial charge in [0.05, 0.1) is 0 Å². The quantitative estimate of drug-likeness (QED) is 0.724. The van der Waals surface area contributed by atoms with Crippen LogP contribution in [-0.2, 0) is 0 Å². The van der Waals surface area contributed by atoms with Crippen LogP contribution in [0.15, 0.2) is 24.3 Å². The predicted octanol–water partition coefficient (Wildman–Crippen LogP) is 3.37. The van der Waals surface area contributed by atoms with E-state index in [0.717, 1.165) is 11.3 Å². The molecule has 2 heteroatoms. The highest BCUT2D eigenvalue weighted by molar-refractivity contribution is 5.94. The summed E-state index contributed by atoms with van der Waals surface area (Å²) in [6, 6.07) is 8.29. The van der Waals surface area contributed by atoms with Gasteiger partial charge >= 0.3 is 0 Å². The number of hydrogen-bond acceptors (Lipinski definition) is 2. The lowest BCUT2D eigenvalue weighted by Gasteiger charge is -2.30. The van der Waals surface area contributed by atoms with Crippen molar-refractivity contribution in [1.29, 1.82) is 0 Å². The molecule has 2 nitrogen and oxygen atoms in total. The van der Waals surface area contributed by atoms with Gasteiger partial charge < -0.3 is 4.90 Å². The van der Waals surface area contributed by atoms with Gasteiger partial charge in [-0.25, -0.2) is 0 Å². The Kier molecular flexibility index (Phi) is 4.11. The third-order valence-electron chi connectivity index (χ3n) is 3.26. The first-order valence-electron chi connectivity index (χ1n) is 5.77. The number of anilines is 1. The topological polar surface area (TPSA) is 20.3 Å². The molecular formula is C14H21NO. The smallest absolute Gasteiger partial charge is 0.159 e. The number of nitrogens with zero attached hydrogens (tertiary/aromatic N) is 1. The average molecular weight is 219 g/mol. The second-order valence-corrected chi connectivity index (χ2v) is 4.70. The summed E-state index contributed by atoms with van der Waals surface area (Å²) in [6.07, 6.45) is 0. The first kappa shape index (κ1) is 12.8. The van der Waals surface area contributed by atoms with Crippen LogP contribution in [0.25, 0.3) is 0 Å². The molecule has 0 aliphatic carbocycles. The Bertz CT molecular complexity index is 354. The van der Waals surface area contributed by atoms with Crippen LogP contribution in [0.1, 0.15) is 38.1 Å². The Balaban J connectivity index is 2.85. The first-order valence-corrected chi connectivity index (χ1v) is 5.77. The molecule has 0 saturated carbocycles. The second kappa shape index (κ2) is 5.15. The first-order chi connectivity index (χ1) is 7.43. The van der Waals surface area contributed by atoms with Gasteiger partial charge in [0.2, 0.25) is 0 Å². The summed E-state index contributed by atoms with van der Waals surface area (Å²) >= 11 is 0. The minimum atomic E-state index is 0.117. The zero-order valence-electron chi connectivity index (χ0n) is 10.8. The normalized spacial score (nSPS) is 12.6. The summed E-state index contributed by atoms with van der Waals surface area (Å²) in [7, 11) is 2.09. The standard InChI is InChI=1S/C14H21NO/c1-10(2)11(3)15(5)14-8-6-13(7-9-14)12(4)16/h6-11H,1-5H3. The maximum Gasteiger partial charge on any atom is 0.159 e. The summed E-state index contributed by atoms with van der Waals surface area (Å²) in [6.45, 7) is 8.23. The maximum atomic E-state index is 11.2. The molecule has 0 heterocycles. The number of ketones is 1. The molecule has 1 aromatic carbocycles. The number of benzene rings is 1. The highest BCUT2D eigenvalue weighted by atomic mass is 16.1. The van der Waals surface area contributed by atoms with E-state index in [1.165, 1.54) is 0 Å². The Morgan fingerprint density at radius 2 is 1.62 bits per heavy atom. The van der Waals surface area contributed by atoms with Crippen molar-refractivity contribution in [3.05, 3.63) is 29.8 Å². The van der Waals surface area contributed by atoms with Gasteiger partial charge in [0, 0.05) is 24.3 Å². The molecule has 0 bridgehead atoms. The number of carbonyl (C=O) groups is 1. The van der Waals surface area contributed by atoms with Crippen molar-refractivity contribution in [2.45, 2.75) is 33.7 Å². The Hall–Kier alpha value is -1.31. The minimum absolute atomic E-state index is 0.117. The molecule has 16 heavy (non-hydrogen) atoms. The van der Waals surface area contributed by atoms with E-state index >= 15 is 0 Å². The Morgan fingerprint density at radius 1 is 1.12 bits per heavy atom. The summed E-state index contributed by atoms with van der Waals surface area (Å²) in [5.41, 5.74) is 1.93. The Labute approximate surface area is 98.3 Å².